The van der Waals surface area contributed by atoms with Crippen LogP contribution in [0.15, 0.2) is 0 Å². The zero-order valence-corrected chi connectivity index (χ0v) is 11.5. The van der Waals surface area contributed by atoms with E-state index in [1.54, 1.807) is 5.48 Å². The third-order valence-electron chi connectivity index (χ3n) is 3.30. The highest BCUT2D eigenvalue weighted by atomic mass is 16.5. The van der Waals surface area contributed by atoms with E-state index in [1.165, 1.54) is 51.4 Å². The van der Waals surface area contributed by atoms with Crippen molar-refractivity contribution in [3.8, 4) is 0 Å². The summed E-state index contributed by atoms with van der Waals surface area (Å²) in [5.74, 6) is -0.325. The smallest absolute Gasteiger partial charge is 0.246 e. The molecule has 0 aromatic rings. The van der Waals surface area contributed by atoms with Gasteiger partial charge in [0.2, 0.25) is 5.91 Å². The van der Waals surface area contributed by atoms with Crippen molar-refractivity contribution in [1.82, 2.24) is 5.48 Å². The van der Waals surface area contributed by atoms with Crippen molar-refractivity contribution in [2.24, 2.45) is 5.92 Å². The molecule has 0 aliphatic rings. The van der Waals surface area contributed by atoms with Crippen LogP contribution >= 0.6 is 0 Å². The molecule has 1 amide bonds. The van der Waals surface area contributed by atoms with Gasteiger partial charge in [-0.15, -0.1) is 0 Å². The Kier molecular flexibility index (Phi) is 11.5. The fourth-order valence-electron chi connectivity index (χ4n) is 2.00. The second-order valence-electron chi connectivity index (χ2n) is 4.99. The van der Waals surface area contributed by atoms with Crippen LogP contribution in [0.5, 0.6) is 0 Å². The molecule has 3 nitrogen and oxygen atoms in total. The molecule has 0 fully saturated rings. The topological polar surface area (TPSA) is 49.3 Å². The lowest BCUT2D eigenvalue weighted by Gasteiger charge is -2.08. The van der Waals surface area contributed by atoms with Crippen molar-refractivity contribution < 1.29 is 10.0 Å². The van der Waals surface area contributed by atoms with Crippen LogP contribution in [-0.4, -0.2) is 11.1 Å². The average Bonchev–Trinajstić information content (AvgIpc) is 2.35. The molecule has 102 valence electrons. The van der Waals surface area contributed by atoms with Crippen LogP contribution in [0.4, 0.5) is 0 Å². The van der Waals surface area contributed by atoms with Crippen molar-refractivity contribution in [3.05, 3.63) is 0 Å². The number of hydrogen-bond acceptors (Lipinski definition) is 2. The minimum atomic E-state index is -0.260. The van der Waals surface area contributed by atoms with Crippen molar-refractivity contribution >= 4 is 5.91 Å². The molecule has 1 atom stereocenters. The summed E-state index contributed by atoms with van der Waals surface area (Å²) < 4.78 is 0. The van der Waals surface area contributed by atoms with E-state index in [9.17, 15) is 4.79 Å². The van der Waals surface area contributed by atoms with E-state index in [2.05, 4.69) is 6.92 Å². The fourth-order valence-corrected chi connectivity index (χ4v) is 2.00. The molecule has 0 aromatic carbocycles. The first-order valence-corrected chi connectivity index (χ1v) is 7.16. The zero-order valence-electron chi connectivity index (χ0n) is 11.5. The standard InChI is InChI=1S/C14H29NO2/c1-3-4-5-6-7-8-9-10-11-12-13(2)14(16)15-17/h13,17H,3-12H2,1-2H3,(H,15,16)/t13-/m0/s1. The molecule has 0 bridgehead atoms. The van der Waals surface area contributed by atoms with Crippen molar-refractivity contribution in [3.63, 3.8) is 0 Å². The normalized spacial score (nSPS) is 12.4. The molecule has 17 heavy (non-hydrogen) atoms. The predicted molar refractivity (Wildman–Crippen MR) is 70.9 cm³/mol. The third kappa shape index (κ3) is 10.3. The summed E-state index contributed by atoms with van der Waals surface area (Å²) in [6.07, 6.45) is 12.6. The molecule has 0 saturated heterocycles. The molecule has 0 rings (SSSR count). The highest BCUT2D eigenvalue weighted by molar-refractivity contribution is 5.76. The van der Waals surface area contributed by atoms with Crippen LogP contribution < -0.4 is 5.48 Å². The summed E-state index contributed by atoms with van der Waals surface area (Å²) in [5, 5.41) is 8.45. The molecule has 0 spiro atoms. The van der Waals surface area contributed by atoms with Gasteiger partial charge in [-0.1, -0.05) is 71.6 Å². The zero-order chi connectivity index (χ0) is 12.9. The Morgan fingerprint density at radius 1 is 1.00 bits per heavy atom. The lowest BCUT2D eigenvalue weighted by Crippen LogP contribution is -2.25. The summed E-state index contributed by atoms with van der Waals surface area (Å²) in [7, 11) is 0. The summed E-state index contributed by atoms with van der Waals surface area (Å²) in [5.41, 5.74) is 1.71. The van der Waals surface area contributed by atoms with Crippen molar-refractivity contribution in [1.29, 1.82) is 0 Å². The summed E-state index contributed by atoms with van der Waals surface area (Å²) >= 11 is 0. The minimum absolute atomic E-state index is 0.0652. The highest BCUT2D eigenvalue weighted by Gasteiger charge is 2.10. The maximum atomic E-state index is 11.0. The second kappa shape index (κ2) is 11.9. The summed E-state index contributed by atoms with van der Waals surface area (Å²) in [6, 6.07) is 0. The van der Waals surface area contributed by atoms with Crippen LogP contribution in [0.25, 0.3) is 0 Å². The second-order valence-corrected chi connectivity index (χ2v) is 4.99. The average molecular weight is 243 g/mol. The van der Waals surface area contributed by atoms with Gasteiger partial charge in [-0.3, -0.25) is 10.0 Å². The molecule has 0 radical (unpaired) electrons. The van der Waals surface area contributed by atoms with E-state index < -0.39 is 0 Å². The quantitative estimate of drug-likeness (QED) is 0.327. The maximum absolute atomic E-state index is 11.0. The molecule has 2 N–H and O–H groups in total. The first kappa shape index (κ1) is 16.4. The van der Waals surface area contributed by atoms with Gasteiger partial charge in [0.05, 0.1) is 0 Å². The van der Waals surface area contributed by atoms with Gasteiger partial charge in [-0.05, 0) is 6.42 Å². The van der Waals surface area contributed by atoms with Gasteiger partial charge in [-0.2, -0.15) is 0 Å². The van der Waals surface area contributed by atoms with E-state index in [0.29, 0.717) is 0 Å². The Morgan fingerprint density at radius 3 is 1.94 bits per heavy atom. The monoisotopic (exact) mass is 243 g/mol. The SMILES string of the molecule is CCCCCCCCCCC[C@H](C)C(=O)NO. The number of amides is 1. The highest BCUT2D eigenvalue weighted by Crippen LogP contribution is 2.13. The maximum Gasteiger partial charge on any atom is 0.246 e. The van der Waals surface area contributed by atoms with Gasteiger partial charge in [0, 0.05) is 5.92 Å². The number of unbranched alkanes of at least 4 members (excludes halogenated alkanes) is 8. The van der Waals surface area contributed by atoms with E-state index in [0.717, 1.165) is 12.8 Å². The lowest BCUT2D eigenvalue weighted by atomic mass is 10.0. The largest absolute Gasteiger partial charge is 0.289 e. The van der Waals surface area contributed by atoms with Gasteiger partial charge in [0.1, 0.15) is 0 Å². The molecule has 3 heteroatoms. The van der Waals surface area contributed by atoms with Gasteiger partial charge >= 0.3 is 0 Å². The van der Waals surface area contributed by atoms with E-state index >= 15 is 0 Å². The number of hydroxylamine groups is 1. The molecule has 0 unspecified atom stereocenters. The Morgan fingerprint density at radius 2 is 1.47 bits per heavy atom. The van der Waals surface area contributed by atoms with Crippen LogP contribution in [0.3, 0.4) is 0 Å². The Balaban J connectivity index is 3.15. The van der Waals surface area contributed by atoms with Crippen LogP contribution in [0.2, 0.25) is 0 Å². The first-order chi connectivity index (χ1) is 8.22. The number of hydrogen-bond donors (Lipinski definition) is 2. The first-order valence-electron chi connectivity index (χ1n) is 7.16. The van der Waals surface area contributed by atoms with Crippen LogP contribution in [-0.2, 0) is 4.79 Å². The third-order valence-corrected chi connectivity index (χ3v) is 3.30. The Bertz CT molecular complexity index is 183. The Labute approximate surface area is 106 Å². The van der Waals surface area contributed by atoms with Crippen molar-refractivity contribution in [2.45, 2.75) is 78.1 Å². The van der Waals surface area contributed by atoms with Crippen LogP contribution in [0.1, 0.15) is 78.1 Å². The van der Waals surface area contributed by atoms with Crippen molar-refractivity contribution in [2.75, 3.05) is 0 Å². The molecule has 0 saturated carbocycles. The van der Waals surface area contributed by atoms with Gasteiger partial charge in [0.25, 0.3) is 0 Å². The number of nitrogens with one attached hydrogen (secondary N) is 1. The summed E-state index contributed by atoms with van der Waals surface area (Å²) in [6.45, 7) is 4.10. The number of carbonyl (C=O) groups excluding carboxylic acids is 1. The van der Waals surface area contributed by atoms with Crippen LogP contribution in [0, 0.1) is 5.92 Å². The van der Waals surface area contributed by atoms with E-state index in [4.69, 9.17) is 5.21 Å². The van der Waals surface area contributed by atoms with Gasteiger partial charge in [0.15, 0.2) is 0 Å². The van der Waals surface area contributed by atoms with Gasteiger partial charge in [-0.25, -0.2) is 5.48 Å². The van der Waals surface area contributed by atoms with Gasteiger partial charge < -0.3 is 0 Å². The molecule has 0 aliphatic heterocycles. The molecular formula is C14H29NO2. The predicted octanol–water partition coefficient (Wildman–Crippen LogP) is 4.05. The van der Waals surface area contributed by atoms with E-state index in [1.807, 2.05) is 6.92 Å². The molecular weight excluding hydrogens is 214 g/mol. The number of carbonyl (C=O) groups is 1. The molecule has 0 heterocycles. The molecule has 0 aromatic heterocycles. The fraction of sp³-hybridized carbons (Fsp3) is 0.929. The minimum Gasteiger partial charge on any atom is -0.289 e. The summed E-state index contributed by atoms with van der Waals surface area (Å²) in [4.78, 5) is 11.0. The lowest BCUT2D eigenvalue weighted by molar-refractivity contribution is -0.133. The van der Waals surface area contributed by atoms with E-state index in [-0.39, 0.29) is 11.8 Å². The number of rotatable bonds is 11. The Hall–Kier alpha value is -0.570. The molecule has 0 aliphatic carbocycles.